The molecule has 14 heavy (non-hydrogen) atoms. The van der Waals surface area contributed by atoms with Gasteiger partial charge in [-0.25, -0.2) is 0 Å². The number of hydrogen-bond acceptors (Lipinski definition) is 2. The molecular weight excluding hydrogens is 200 g/mol. The van der Waals surface area contributed by atoms with Gasteiger partial charge in [0.05, 0.1) is 17.0 Å². The smallest absolute Gasteiger partial charge is 0.229 e. The van der Waals surface area contributed by atoms with Gasteiger partial charge in [-0.1, -0.05) is 29.5 Å². The SMILES string of the molecule is NC(=O)CC#Cc1c(N)cccc1Cl. The average molecular weight is 209 g/mol. The van der Waals surface area contributed by atoms with Gasteiger partial charge in [0.25, 0.3) is 0 Å². The van der Waals surface area contributed by atoms with E-state index in [4.69, 9.17) is 23.1 Å². The molecule has 3 nitrogen and oxygen atoms in total. The van der Waals surface area contributed by atoms with E-state index in [2.05, 4.69) is 11.8 Å². The summed E-state index contributed by atoms with van der Waals surface area (Å²) in [6, 6.07) is 5.11. The minimum absolute atomic E-state index is 0.00463. The van der Waals surface area contributed by atoms with Gasteiger partial charge in [0.1, 0.15) is 0 Å². The molecule has 0 spiro atoms. The molecule has 4 heteroatoms. The highest BCUT2D eigenvalue weighted by molar-refractivity contribution is 6.32. The van der Waals surface area contributed by atoms with E-state index in [1.54, 1.807) is 18.2 Å². The quantitative estimate of drug-likeness (QED) is 0.537. The van der Waals surface area contributed by atoms with Crippen LogP contribution in [-0.2, 0) is 4.79 Å². The zero-order valence-corrected chi connectivity index (χ0v) is 8.14. The number of amides is 1. The van der Waals surface area contributed by atoms with E-state index in [-0.39, 0.29) is 6.42 Å². The summed E-state index contributed by atoms with van der Waals surface area (Å²) in [5.41, 5.74) is 11.6. The Labute approximate surface area is 87.0 Å². The minimum Gasteiger partial charge on any atom is -0.398 e. The van der Waals surface area contributed by atoms with Crippen LogP contribution in [0.4, 0.5) is 5.69 Å². The van der Waals surface area contributed by atoms with Crippen LogP contribution in [0.15, 0.2) is 18.2 Å². The molecule has 1 aromatic carbocycles. The maximum atomic E-state index is 10.4. The fourth-order valence-corrected chi connectivity index (χ4v) is 1.12. The predicted octanol–water partition coefficient (Wildman–Crippen LogP) is 1.15. The highest BCUT2D eigenvalue weighted by atomic mass is 35.5. The van der Waals surface area contributed by atoms with Crippen molar-refractivity contribution in [1.82, 2.24) is 0 Å². The lowest BCUT2D eigenvalue weighted by Gasteiger charge is -1.98. The molecule has 1 amide bonds. The Morgan fingerprint density at radius 3 is 2.79 bits per heavy atom. The van der Waals surface area contributed by atoms with E-state index in [9.17, 15) is 4.79 Å². The molecule has 0 radical (unpaired) electrons. The van der Waals surface area contributed by atoms with Gasteiger partial charge in [-0.3, -0.25) is 4.79 Å². The lowest BCUT2D eigenvalue weighted by Crippen LogP contribution is -2.08. The number of nitrogen functional groups attached to an aromatic ring is 1. The largest absolute Gasteiger partial charge is 0.398 e. The first kappa shape index (κ1) is 10.4. The van der Waals surface area contributed by atoms with Crippen LogP contribution in [0.1, 0.15) is 12.0 Å². The second kappa shape index (κ2) is 4.54. The summed E-state index contributed by atoms with van der Waals surface area (Å²) in [5.74, 6) is 4.83. The van der Waals surface area contributed by atoms with Crippen LogP contribution in [0.3, 0.4) is 0 Å². The average Bonchev–Trinajstić information content (AvgIpc) is 2.09. The van der Waals surface area contributed by atoms with Crippen LogP contribution in [0.25, 0.3) is 0 Å². The maximum Gasteiger partial charge on any atom is 0.229 e. The lowest BCUT2D eigenvalue weighted by molar-refractivity contribution is -0.117. The third-order valence-corrected chi connectivity index (χ3v) is 1.84. The van der Waals surface area contributed by atoms with E-state index in [1.807, 2.05) is 0 Å². The second-order valence-corrected chi connectivity index (χ2v) is 3.06. The van der Waals surface area contributed by atoms with Gasteiger partial charge in [-0.05, 0) is 12.1 Å². The van der Waals surface area contributed by atoms with Crippen molar-refractivity contribution in [3.8, 4) is 11.8 Å². The number of nitrogens with two attached hydrogens (primary N) is 2. The highest BCUT2D eigenvalue weighted by Crippen LogP contribution is 2.20. The third-order valence-electron chi connectivity index (χ3n) is 1.52. The molecule has 1 aromatic rings. The molecule has 4 N–H and O–H groups in total. The molecule has 0 aliphatic carbocycles. The molecule has 0 aliphatic heterocycles. The molecule has 0 atom stereocenters. The number of rotatable bonds is 1. The monoisotopic (exact) mass is 208 g/mol. The number of anilines is 1. The van der Waals surface area contributed by atoms with E-state index < -0.39 is 5.91 Å². The Balaban J connectivity index is 2.94. The number of primary amides is 1. The van der Waals surface area contributed by atoms with Crippen LogP contribution < -0.4 is 11.5 Å². The Bertz CT molecular complexity index is 398. The van der Waals surface area contributed by atoms with Gasteiger partial charge >= 0.3 is 0 Å². The first-order valence-corrected chi connectivity index (χ1v) is 4.30. The summed E-state index contributed by atoms with van der Waals surface area (Å²) in [6.45, 7) is 0. The van der Waals surface area contributed by atoms with Crippen molar-refractivity contribution in [3.63, 3.8) is 0 Å². The maximum absolute atomic E-state index is 10.4. The first-order chi connectivity index (χ1) is 6.61. The predicted molar refractivity (Wildman–Crippen MR) is 56.6 cm³/mol. The van der Waals surface area contributed by atoms with Crippen molar-refractivity contribution in [1.29, 1.82) is 0 Å². The van der Waals surface area contributed by atoms with Gasteiger partial charge < -0.3 is 11.5 Å². The topological polar surface area (TPSA) is 69.1 Å². The lowest BCUT2D eigenvalue weighted by atomic mass is 10.2. The van der Waals surface area contributed by atoms with Crippen molar-refractivity contribution in [2.45, 2.75) is 6.42 Å². The van der Waals surface area contributed by atoms with Crippen molar-refractivity contribution >= 4 is 23.2 Å². The Kier molecular flexibility index (Phi) is 3.38. The summed E-state index contributed by atoms with van der Waals surface area (Å²) in [6.07, 6.45) is 0.00463. The van der Waals surface area contributed by atoms with Crippen LogP contribution in [0.2, 0.25) is 5.02 Å². The van der Waals surface area contributed by atoms with E-state index in [0.717, 1.165) is 0 Å². The van der Waals surface area contributed by atoms with Crippen LogP contribution in [-0.4, -0.2) is 5.91 Å². The molecule has 0 saturated heterocycles. The van der Waals surface area contributed by atoms with Crippen molar-refractivity contribution in [2.75, 3.05) is 5.73 Å². The molecule has 0 aromatic heterocycles. The molecule has 0 heterocycles. The van der Waals surface area contributed by atoms with Crippen molar-refractivity contribution in [2.24, 2.45) is 5.73 Å². The van der Waals surface area contributed by atoms with Gasteiger partial charge in [0.15, 0.2) is 0 Å². The normalized spacial score (nSPS) is 8.93. The van der Waals surface area contributed by atoms with Crippen molar-refractivity contribution in [3.05, 3.63) is 28.8 Å². The summed E-state index contributed by atoms with van der Waals surface area (Å²) >= 11 is 5.85. The van der Waals surface area contributed by atoms with Crippen molar-refractivity contribution < 1.29 is 4.79 Å². The zero-order valence-electron chi connectivity index (χ0n) is 7.38. The summed E-state index contributed by atoms with van der Waals surface area (Å²) in [5, 5.41) is 0.474. The van der Waals surface area contributed by atoms with E-state index in [1.165, 1.54) is 0 Å². The van der Waals surface area contributed by atoms with Gasteiger partial charge in [-0.2, -0.15) is 0 Å². The fourth-order valence-electron chi connectivity index (χ4n) is 0.892. The number of halogens is 1. The van der Waals surface area contributed by atoms with Crippen LogP contribution in [0.5, 0.6) is 0 Å². The molecular formula is C10H9ClN2O. The number of carbonyl (C=O) groups is 1. The summed E-state index contributed by atoms with van der Waals surface area (Å²) in [4.78, 5) is 10.4. The third kappa shape index (κ3) is 2.68. The van der Waals surface area contributed by atoms with Crippen LogP contribution >= 0.6 is 11.6 Å². The van der Waals surface area contributed by atoms with Gasteiger partial charge in [-0.15, -0.1) is 0 Å². The number of hydrogen-bond donors (Lipinski definition) is 2. The Morgan fingerprint density at radius 2 is 2.21 bits per heavy atom. The van der Waals surface area contributed by atoms with Gasteiger partial charge in [0.2, 0.25) is 5.91 Å². The minimum atomic E-state index is -0.469. The summed E-state index contributed by atoms with van der Waals surface area (Å²) in [7, 11) is 0. The molecule has 0 saturated carbocycles. The van der Waals surface area contributed by atoms with Gasteiger partial charge in [0, 0.05) is 5.69 Å². The van der Waals surface area contributed by atoms with Crippen LogP contribution in [0, 0.1) is 11.8 Å². The Hall–Kier alpha value is -1.66. The standard InChI is InChI=1S/C10H9ClN2O/c11-8-4-2-5-9(12)7(8)3-1-6-10(13)14/h2,4-5H,6,12H2,(H2,13,14). The molecule has 0 aliphatic rings. The first-order valence-electron chi connectivity index (χ1n) is 3.92. The number of carbonyl (C=O) groups excluding carboxylic acids is 1. The molecule has 1 rings (SSSR count). The second-order valence-electron chi connectivity index (χ2n) is 2.65. The molecule has 72 valence electrons. The fraction of sp³-hybridized carbons (Fsp3) is 0.100. The Morgan fingerprint density at radius 1 is 1.50 bits per heavy atom. The zero-order chi connectivity index (χ0) is 10.6. The molecule has 0 fully saturated rings. The summed E-state index contributed by atoms with van der Waals surface area (Å²) < 4.78 is 0. The highest BCUT2D eigenvalue weighted by Gasteiger charge is 1.99. The van der Waals surface area contributed by atoms with E-state index >= 15 is 0 Å². The molecule has 0 unspecified atom stereocenters. The van der Waals surface area contributed by atoms with E-state index in [0.29, 0.717) is 16.3 Å². The molecule has 0 bridgehead atoms. The number of benzene rings is 1.